The Bertz CT molecular complexity index is 706. The Kier molecular flexibility index (Phi) is 5.82. The van der Waals surface area contributed by atoms with Gasteiger partial charge in [-0.15, -0.1) is 0 Å². The van der Waals surface area contributed by atoms with Gasteiger partial charge in [-0.05, 0) is 44.1 Å². The molecule has 0 aromatic heterocycles. The van der Waals surface area contributed by atoms with Crippen LogP contribution < -0.4 is 10.6 Å². The highest BCUT2D eigenvalue weighted by molar-refractivity contribution is 6.09. The number of urea groups is 1. The highest BCUT2D eigenvalue weighted by Gasteiger charge is 2.55. The standard InChI is InChI=1S/C21H29N3O3/c1-15-8-6-7-13-21(15)19(26)24(20(27)23-21)14-18(25)22-16(2)11-12-17-9-4-3-5-10-17/h3-5,9-10,15-16H,6-8,11-14H2,1-2H3,(H,22,25)(H,23,27)/t15-,16-,21-/m0/s1. The van der Waals surface area contributed by atoms with Gasteiger partial charge >= 0.3 is 6.03 Å². The molecule has 0 bridgehead atoms. The molecule has 1 aliphatic heterocycles. The normalized spacial score (nSPS) is 26.1. The SMILES string of the molecule is C[C@@H](CCc1ccccc1)NC(=O)CN1C(=O)N[C@]2(CCCC[C@@H]2C)C1=O. The third-order valence-corrected chi connectivity index (χ3v) is 5.92. The highest BCUT2D eigenvalue weighted by atomic mass is 16.2. The molecular weight excluding hydrogens is 342 g/mol. The molecule has 2 N–H and O–H groups in total. The van der Waals surface area contributed by atoms with Gasteiger partial charge < -0.3 is 10.6 Å². The number of carbonyl (C=O) groups is 3. The maximum Gasteiger partial charge on any atom is 0.325 e. The van der Waals surface area contributed by atoms with E-state index in [2.05, 4.69) is 22.8 Å². The summed E-state index contributed by atoms with van der Waals surface area (Å²) < 4.78 is 0. The minimum absolute atomic E-state index is 0.0268. The third-order valence-electron chi connectivity index (χ3n) is 5.92. The van der Waals surface area contributed by atoms with Crippen LogP contribution in [0.15, 0.2) is 30.3 Å². The van der Waals surface area contributed by atoms with E-state index in [0.717, 1.165) is 37.0 Å². The van der Waals surface area contributed by atoms with Crippen molar-refractivity contribution in [2.75, 3.05) is 6.54 Å². The van der Waals surface area contributed by atoms with Gasteiger partial charge in [0.15, 0.2) is 0 Å². The summed E-state index contributed by atoms with van der Waals surface area (Å²) in [5.41, 5.74) is 0.412. The number of nitrogens with one attached hydrogen (secondary N) is 2. The Hall–Kier alpha value is -2.37. The van der Waals surface area contributed by atoms with Crippen molar-refractivity contribution in [3.8, 4) is 0 Å². The topological polar surface area (TPSA) is 78.5 Å². The number of imide groups is 1. The van der Waals surface area contributed by atoms with Crippen LogP contribution in [0.5, 0.6) is 0 Å². The molecule has 2 fully saturated rings. The molecule has 6 nitrogen and oxygen atoms in total. The minimum atomic E-state index is -0.811. The van der Waals surface area contributed by atoms with Crippen molar-refractivity contribution in [2.45, 2.75) is 64.0 Å². The average molecular weight is 371 g/mol. The molecule has 1 saturated heterocycles. The molecule has 0 unspecified atom stereocenters. The Morgan fingerprint density at radius 2 is 2.04 bits per heavy atom. The number of amides is 4. The summed E-state index contributed by atoms with van der Waals surface area (Å²) in [5.74, 6) is -0.438. The summed E-state index contributed by atoms with van der Waals surface area (Å²) in [6, 6.07) is 9.63. The highest BCUT2D eigenvalue weighted by Crippen LogP contribution is 2.38. The minimum Gasteiger partial charge on any atom is -0.352 e. The first-order chi connectivity index (χ1) is 12.9. The first kappa shape index (κ1) is 19.4. The van der Waals surface area contributed by atoms with Crippen LogP contribution in [-0.4, -0.2) is 40.9 Å². The molecule has 3 rings (SSSR count). The van der Waals surface area contributed by atoms with E-state index in [9.17, 15) is 14.4 Å². The molecule has 1 aromatic carbocycles. The van der Waals surface area contributed by atoms with Crippen LogP contribution in [0.4, 0.5) is 4.79 Å². The molecule has 4 amide bonds. The summed E-state index contributed by atoms with van der Waals surface area (Å²) in [5, 5.41) is 5.79. The van der Waals surface area contributed by atoms with E-state index in [0.29, 0.717) is 6.42 Å². The van der Waals surface area contributed by atoms with Crippen molar-refractivity contribution < 1.29 is 14.4 Å². The van der Waals surface area contributed by atoms with Gasteiger partial charge in [0, 0.05) is 6.04 Å². The first-order valence-electron chi connectivity index (χ1n) is 9.90. The van der Waals surface area contributed by atoms with E-state index in [-0.39, 0.29) is 30.3 Å². The Morgan fingerprint density at radius 1 is 1.30 bits per heavy atom. The van der Waals surface area contributed by atoms with Gasteiger partial charge in [0.05, 0.1) is 0 Å². The molecule has 0 radical (unpaired) electrons. The summed E-state index contributed by atoms with van der Waals surface area (Å²) in [6.07, 6.45) is 5.24. The van der Waals surface area contributed by atoms with Gasteiger partial charge in [-0.1, -0.05) is 50.1 Å². The number of benzene rings is 1. The van der Waals surface area contributed by atoms with Crippen LogP contribution in [0.1, 0.15) is 51.5 Å². The van der Waals surface area contributed by atoms with Crippen molar-refractivity contribution in [1.82, 2.24) is 15.5 Å². The van der Waals surface area contributed by atoms with Gasteiger partial charge in [-0.2, -0.15) is 0 Å². The summed E-state index contributed by atoms with van der Waals surface area (Å²) in [7, 11) is 0. The van der Waals surface area contributed by atoms with Crippen molar-refractivity contribution in [1.29, 1.82) is 0 Å². The lowest BCUT2D eigenvalue weighted by atomic mass is 9.73. The average Bonchev–Trinajstić information content (AvgIpc) is 2.88. The number of carbonyl (C=O) groups excluding carboxylic acids is 3. The fourth-order valence-electron chi connectivity index (χ4n) is 4.20. The molecule has 2 aliphatic rings. The lowest BCUT2D eigenvalue weighted by Gasteiger charge is -2.36. The zero-order valence-corrected chi connectivity index (χ0v) is 16.2. The van der Waals surface area contributed by atoms with E-state index >= 15 is 0 Å². The maximum absolute atomic E-state index is 12.9. The smallest absolute Gasteiger partial charge is 0.325 e. The van der Waals surface area contributed by atoms with E-state index in [4.69, 9.17) is 0 Å². The first-order valence-corrected chi connectivity index (χ1v) is 9.90. The zero-order chi connectivity index (χ0) is 19.4. The molecule has 6 heteroatoms. The van der Waals surface area contributed by atoms with Crippen molar-refractivity contribution >= 4 is 17.8 Å². The molecule has 1 saturated carbocycles. The fraction of sp³-hybridized carbons (Fsp3) is 0.571. The lowest BCUT2D eigenvalue weighted by molar-refractivity contribution is -0.137. The Morgan fingerprint density at radius 3 is 2.74 bits per heavy atom. The van der Waals surface area contributed by atoms with Crippen molar-refractivity contribution in [3.63, 3.8) is 0 Å². The molecular formula is C21H29N3O3. The van der Waals surface area contributed by atoms with E-state index < -0.39 is 11.6 Å². The predicted molar refractivity (Wildman–Crippen MR) is 103 cm³/mol. The largest absolute Gasteiger partial charge is 0.352 e. The predicted octanol–water partition coefficient (Wildman–Crippen LogP) is 2.62. The second-order valence-electron chi connectivity index (χ2n) is 7.93. The van der Waals surface area contributed by atoms with E-state index in [1.54, 1.807) is 0 Å². The fourth-order valence-corrected chi connectivity index (χ4v) is 4.20. The lowest BCUT2D eigenvalue weighted by Crippen LogP contribution is -2.54. The number of rotatable bonds is 6. The van der Waals surface area contributed by atoms with Gasteiger partial charge in [0.25, 0.3) is 5.91 Å². The van der Waals surface area contributed by atoms with Gasteiger partial charge in [-0.25, -0.2) is 4.79 Å². The van der Waals surface area contributed by atoms with Crippen molar-refractivity contribution in [2.24, 2.45) is 5.92 Å². The molecule has 1 aliphatic carbocycles. The van der Waals surface area contributed by atoms with Crippen LogP contribution >= 0.6 is 0 Å². The van der Waals surface area contributed by atoms with E-state index in [1.807, 2.05) is 32.0 Å². The van der Waals surface area contributed by atoms with Crippen LogP contribution in [0, 0.1) is 5.92 Å². The Balaban J connectivity index is 1.53. The molecule has 1 aromatic rings. The van der Waals surface area contributed by atoms with E-state index in [1.165, 1.54) is 5.56 Å². The quantitative estimate of drug-likeness (QED) is 0.755. The number of nitrogens with zero attached hydrogens (tertiary/aromatic N) is 1. The van der Waals surface area contributed by atoms with Gasteiger partial charge in [-0.3, -0.25) is 14.5 Å². The monoisotopic (exact) mass is 371 g/mol. The third kappa shape index (κ3) is 4.15. The number of hydrogen-bond donors (Lipinski definition) is 2. The molecule has 1 spiro atoms. The van der Waals surface area contributed by atoms with Crippen LogP contribution in [-0.2, 0) is 16.0 Å². The zero-order valence-electron chi connectivity index (χ0n) is 16.2. The van der Waals surface area contributed by atoms with Crippen molar-refractivity contribution in [3.05, 3.63) is 35.9 Å². The maximum atomic E-state index is 12.9. The molecule has 146 valence electrons. The van der Waals surface area contributed by atoms with Crippen LogP contribution in [0.3, 0.4) is 0 Å². The van der Waals surface area contributed by atoms with Crippen LogP contribution in [0.2, 0.25) is 0 Å². The second-order valence-corrected chi connectivity index (χ2v) is 7.93. The summed E-state index contributed by atoms with van der Waals surface area (Å²) in [4.78, 5) is 38.7. The molecule has 27 heavy (non-hydrogen) atoms. The summed E-state index contributed by atoms with van der Waals surface area (Å²) in [6.45, 7) is 3.73. The van der Waals surface area contributed by atoms with Gasteiger partial charge in [0.1, 0.15) is 12.1 Å². The number of aryl methyl sites for hydroxylation is 1. The van der Waals surface area contributed by atoms with Crippen LogP contribution in [0.25, 0.3) is 0 Å². The second kappa shape index (κ2) is 8.11. The number of hydrogen-bond acceptors (Lipinski definition) is 3. The molecule has 3 atom stereocenters. The molecule has 1 heterocycles. The van der Waals surface area contributed by atoms with Gasteiger partial charge in [0.2, 0.25) is 5.91 Å². The summed E-state index contributed by atoms with van der Waals surface area (Å²) >= 11 is 0. The Labute approximate surface area is 160 Å².